The number of fused-ring (bicyclic) bond motifs is 1. The van der Waals surface area contributed by atoms with Crippen LogP contribution >= 0.6 is 0 Å². The fourth-order valence-electron chi connectivity index (χ4n) is 1.80. The third-order valence-electron chi connectivity index (χ3n) is 2.56. The van der Waals surface area contributed by atoms with Gasteiger partial charge in [0.1, 0.15) is 0 Å². The molecular formula is C11H14N2O. The van der Waals surface area contributed by atoms with E-state index in [0.717, 1.165) is 24.1 Å². The molecule has 14 heavy (non-hydrogen) atoms. The second kappa shape index (κ2) is 3.42. The summed E-state index contributed by atoms with van der Waals surface area (Å²) in [6.45, 7) is 0.781. The minimum atomic E-state index is 0.108. The third kappa shape index (κ3) is 1.40. The van der Waals surface area contributed by atoms with Crippen molar-refractivity contribution < 1.29 is 4.79 Å². The van der Waals surface area contributed by atoms with Gasteiger partial charge in [-0.1, -0.05) is 18.2 Å². The van der Waals surface area contributed by atoms with Crippen molar-refractivity contribution in [2.24, 2.45) is 0 Å². The van der Waals surface area contributed by atoms with E-state index in [1.807, 2.05) is 43.4 Å². The van der Waals surface area contributed by atoms with Crippen molar-refractivity contribution in [3.8, 4) is 0 Å². The molecule has 2 rings (SSSR count). The summed E-state index contributed by atoms with van der Waals surface area (Å²) in [6.07, 6.45) is 0.945. The number of amides is 1. The van der Waals surface area contributed by atoms with Crippen molar-refractivity contribution in [2.75, 3.05) is 20.6 Å². The van der Waals surface area contributed by atoms with Crippen molar-refractivity contribution in [2.45, 2.75) is 6.42 Å². The Morgan fingerprint density at radius 3 is 2.71 bits per heavy atom. The Bertz CT molecular complexity index is 360. The molecule has 0 saturated heterocycles. The topological polar surface area (TPSA) is 23.6 Å². The highest BCUT2D eigenvalue weighted by molar-refractivity contribution is 5.96. The quantitative estimate of drug-likeness (QED) is 0.663. The van der Waals surface area contributed by atoms with Crippen LogP contribution < -0.4 is 0 Å². The van der Waals surface area contributed by atoms with Crippen molar-refractivity contribution in [1.29, 1.82) is 0 Å². The van der Waals surface area contributed by atoms with E-state index in [0.29, 0.717) is 0 Å². The van der Waals surface area contributed by atoms with Crippen molar-refractivity contribution >= 4 is 5.91 Å². The molecule has 0 radical (unpaired) electrons. The number of nitrogens with zero attached hydrogens (tertiary/aromatic N) is 2. The molecule has 1 heterocycles. The third-order valence-corrected chi connectivity index (χ3v) is 2.56. The zero-order valence-corrected chi connectivity index (χ0v) is 8.53. The fourth-order valence-corrected chi connectivity index (χ4v) is 1.80. The van der Waals surface area contributed by atoms with E-state index in [1.165, 1.54) is 0 Å². The molecule has 1 amide bonds. The van der Waals surface area contributed by atoms with Gasteiger partial charge < -0.3 is 0 Å². The van der Waals surface area contributed by atoms with Crippen LogP contribution in [-0.2, 0) is 6.42 Å². The molecule has 3 heteroatoms. The maximum Gasteiger partial charge on any atom is 0.268 e. The van der Waals surface area contributed by atoms with E-state index >= 15 is 0 Å². The van der Waals surface area contributed by atoms with Crippen LogP contribution in [0.5, 0.6) is 0 Å². The van der Waals surface area contributed by atoms with Gasteiger partial charge in [0.25, 0.3) is 5.91 Å². The lowest BCUT2D eigenvalue weighted by Gasteiger charge is -2.33. The first kappa shape index (κ1) is 9.21. The monoisotopic (exact) mass is 190 g/mol. The van der Waals surface area contributed by atoms with Crippen molar-refractivity contribution in [3.63, 3.8) is 0 Å². The lowest BCUT2D eigenvalue weighted by molar-refractivity contribution is 0.0176. The highest BCUT2D eigenvalue weighted by Gasteiger charge is 2.24. The first-order chi connectivity index (χ1) is 6.70. The van der Waals surface area contributed by atoms with Gasteiger partial charge in [0, 0.05) is 26.2 Å². The van der Waals surface area contributed by atoms with E-state index in [1.54, 1.807) is 5.01 Å². The van der Waals surface area contributed by atoms with Crippen LogP contribution in [-0.4, -0.2) is 36.6 Å². The summed E-state index contributed by atoms with van der Waals surface area (Å²) >= 11 is 0. The Morgan fingerprint density at radius 1 is 1.29 bits per heavy atom. The molecule has 0 unspecified atom stereocenters. The number of benzene rings is 1. The van der Waals surface area contributed by atoms with Crippen LogP contribution in [0, 0.1) is 0 Å². The summed E-state index contributed by atoms with van der Waals surface area (Å²) in [7, 11) is 3.79. The van der Waals surface area contributed by atoms with Crippen molar-refractivity contribution in [1.82, 2.24) is 10.0 Å². The highest BCUT2D eigenvalue weighted by Crippen LogP contribution is 2.18. The minimum absolute atomic E-state index is 0.108. The Labute approximate surface area is 83.9 Å². The average molecular weight is 190 g/mol. The SMILES string of the molecule is CN(C)N1CCc2ccccc2C1=O. The van der Waals surface area contributed by atoms with Gasteiger partial charge in [-0.05, 0) is 18.1 Å². The van der Waals surface area contributed by atoms with Crippen LogP contribution in [0.3, 0.4) is 0 Å². The smallest absolute Gasteiger partial charge is 0.268 e. The van der Waals surface area contributed by atoms with Gasteiger partial charge >= 0.3 is 0 Å². The molecule has 0 aliphatic carbocycles. The summed E-state index contributed by atoms with van der Waals surface area (Å²) in [4.78, 5) is 11.9. The highest BCUT2D eigenvalue weighted by atomic mass is 16.2. The molecule has 0 spiro atoms. The second-order valence-electron chi connectivity index (χ2n) is 3.68. The maximum absolute atomic E-state index is 11.9. The molecule has 0 N–H and O–H groups in total. The number of hydrogen-bond acceptors (Lipinski definition) is 2. The van der Waals surface area contributed by atoms with Crippen molar-refractivity contribution in [3.05, 3.63) is 35.4 Å². The van der Waals surface area contributed by atoms with E-state index in [9.17, 15) is 4.79 Å². The van der Waals surface area contributed by atoms with E-state index in [-0.39, 0.29) is 5.91 Å². The van der Waals surface area contributed by atoms with E-state index in [2.05, 4.69) is 0 Å². The normalized spacial score (nSPS) is 15.9. The zero-order chi connectivity index (χ0) is 10.1. The standard InChI is InChI=1S/C11H14N2O/c1-12(2)13-8-7-9-5-3-4-6-10(9)11(13)14/h3-6H,7-8H2,1-2H3. The molecule has 0 fully saturated rings. The minimum Gasteiger partial charge on any atom is -0.271 e. The van der Waals surface area contributed by atoms with Crippen LogP contribution in [0.25, 0.3) is 0 Å². The zero-order valence-electron chi connectivity index (χ0n) is 8.53. The summed E-state index contributed by atoms with van der Waals surface area (Å²) in [5.74, 6) is 0.108. The van der Waals surface area contributed by atoms with E-state index < -0.39 is 0 Å². The van der Waals surface area contributed by atoms with Crippen LogP contribution in [0.2, 0.25) is 0 Å². The predicted octanol–water partition coefficient (Wildman–Crippen LogP) is 1.16. The lowest BCUT2D eigenvalue weighted by atomic mass is 10.0. The molecule has 1 aromatic carbocycles. The van der Waals surface area contributed by atoms with Crippen LogP contribution in [0.15, 0.2) is 24.3 Å². The molecule has 74 valence electrons. The molecule has 1 aromatic rings. The summed E-state index contributed by atoms with van der Waals surface area (Å²) in [6, 6.07) is 7.82. The molecule has 3 nitrogen and oxygen atoms in total. The lowest BCUT2D eigenvalue weighted by Crippen LogP contribution is -2.46. The summed E-state index contributed by atoms with van der Waals surface area (Å²) in [5, 5.41) is 3.61. The Hall–Kier alpha value is -1.35. The van der Waals surface area contributed by atoms with Gasteiger partial charge in [0.05, 0.1) is 0 Å². The second-order valence-corrected chi connectivity index (χ2v) is 3.68. The number of carbonyl (C=O) groups excluding carboxylic acids is 1. The summed E-state index contributed by atoms with van der Waals surface area (Å²) in [5.41, 5.74) is 2.00. The molecule has 0 saturated carbocycles. The molecule has 0 aromatic heterocycles. The molecule has 1 aliphatic heterocycles. The van der Waals surface area contributed by atoms with Gasteiger partial charge in [0.2, 0.25) is 0 Å². The van der Waals surface area contributed by atoms with Gasteiger partial charge in [-0.25, -0.2) is 5.01 Å². The van der Waals surface area contributed by atoms with Crippen LogP contribution in [0.1, 0.15) is 15.9 Å². The van der Waals surface area contributed by atoms with Gasteiger partial charge in [-0.15, -0.1) is 0 Å². The fraction of sp³-hybridized carbons (Fsp3) is 0.364. The number of rotatable bonds is 1. The number of hydrogen-bond donors (Lipinski definition) is 0. The van der Waals surface area contributed by atoms with Gasteiger partial charge in [-0.2, -0.15) is 0 Å². The van der Waals surface area contributed by atoms with Gasteiger partial charge in [-0.3, -0.25) is 9.80 Å². The largest absolute Gasteiger partial charge is 0.271 e. The number of carbonyl (C=O) groups is 1. The maximum atomic E-state index is 11.9. The molecule has 0 bridgehead atoms. The number of hydrazine groups is 1. The molecule has 1 aliphatic rings. The predicted molar refractivity (Wildman–Crippen MR) is 54.9 cm³/mol. The van der Waals surface area contributed by atoms with Gasteiger partial charge in [0.15, 0.2) is 0 Å². The Morgan fingerprint density at radius 2 is 2.00 bits per heavy atom. The Balaban J connectivity index is 2.37. The Kier molecular flexibility index (Phi) is 2.25. The average Bonchev–Trinajstić information content (AvgIpc) is 2.18. The molecular weight excluding hydrogens is 176 g/mol. The first-order valence-corrected chi connectivity index (χ1v) is 4.77. The summed E-state index contributed by atoms with van der Waals surface area (Å²) < 4.78 is 0. The first-order valence-electron chi connectivity index (χ1n) is 4.77. The van der Waals surface area contributed by atoms with Crippen LogP contribution in [0.4, 0.5) is 0 Å². The molecule has 0 atom stereocenters. The van der Waals surface area contributed by atoms with E-state index in [4.69, 9.17) is 0 Å².